The van der Waals surface area contributed by atoms with Crippen molar-refractivity contribution in [2.45, 2.75) is 13.8 Å². The molecule has 102 valence electrons. The normalized spacial score (nSPS) is 10.9. The van der Waals surface area contributed by atoms with Crippen LogP contribution < -0.4 is 4.84 Å². The van der Waals surface area contributed by atoms with Gasteiger partial charge in [0.15, 0.2) is 5.75 Å². The number of benzene rings is 1. The maximum absolute atomic E-state index is 10.7. The minimum atomic E-state index is -0.857. The largest absolute Gasteiger partial charge is 0.479 e. The second kappa shape index (κ2) is 6.28. The van der Waals surface area contributed by atoms with Crippen LogP contribution in [0.4, 0.5) is 11.4 Å². The van der Waals surface area contributed by atoms with Crippen LogP contribution in [0.15, 0.2) is 23.4 Å². The fourth-order valence-electron chi connectivity index (χ4n) is 1.21. The third-order valence-electron chi connectivity index (χ3n) is 1.97. The van der Waals surface area contributed by atoms with E-state index in [2.05, 4.69) is 5.16 Å². The second-order valence-corrected chi connectivity index (χ2v) is 3.30. The van der Waals surface area contributed by atoms with Gasteiger partial charge < -0.3 is 9.57 Å². The molecule has 0 saturated heterocycles. The highest BCUT2D eigenvalue weighted by molar-refractivity contribution is 5.72. The summed E-state index contributed by atoms with van der Waals surface area (Å²) in [7, 11) is 0. The quantitative estimate of drug-likeness (QED) is 0.350. The van der Waals surface area contributed by atoms with Crippen LogP contribution >= 0.6 is 0 Å². The number of nitrogens with zero attached hydrogens (tertiary/aromatic N) is 3. The second-order valence-electron chi connectivity index (χ2n) is 3.30. The lowest BCUT2D eigenvalue weighted by Crippen LogP contribution is -2.01. The Kier molecular flexibility index (Phi) is 4.75. The average molecular weight is 269 g/mol. The molecule has 1 aromatic rings. The van der Waals surface area contributed by atoms with E-state index in [0.717, 1.165) is 12.1 Å². The minimum absolute atomic E-state index is 0.0105. The molecule has 0 amide bonds. The molecule has 9 heteroatoms. The first kappa shape index (κ1) is 14.4. The molecular formula is C10H11N3O6. The molecule has 0 fully saturated rings. The summed E-state index contributed by atoms with van der Waals surface area (Å²) in [5.74, 6) is 0.250. The van der Waals surface area contributed by atoms with Gasteiger partial charge in [0.2, 0.25) is 5.90 Å². The van der Waals surface area contributed by atoms with Crippen molar-refractivity contribution in [2.75, 3.05) is 6.61 Å². The zero-order valence-electron chi connectivity index (χ0n) is 10.2. The summed E-state index contributed by atoms with van der Waals surface area (Å²) >= 11 is 0. The molecule has 0 aliphatic carbocycles. The molecule has 0 aliphatic heterocycles. The Morgan fingerprint density at radius 2 is 1.89 bits per heavy atom. The van der Waals surface area contributed by atoms with Gasteiger partial charge in [-0.25, -0.2) is 0 Å². The standard InChI is InChI=1S/C10H11N3O6/c1-3-18-7(2)11-19-8-4-5-9(12(14)15)10(6-8)13(16)17/h4-6H,3H2,1-2H3/b11-7-. The summed E-state index contributed by atoms with van der Waals surface area (Å²) in [6.45, 7) is 3.71. The third-order valence-corrected chi connectivity index (χ3v) is 1.97. The molecule has 0 bridgehead atoms. The lowest BCUT2D eigenvalue weighted by atomic mass is 10.2. The molecule has 1 rings (SSSR count). The summed E-state index contributed by atoms with van der Waals surface area (Å²) in [6, 6.07) is 3.13. The van der Waals surface area contributed by atoms with Gasteiger partial charge in [0.25, 0.3) is 0 Å². The molecule has 0 aliphatic rings. The predicted octanol–water partition coefficient (Wildman–Crippen LogP) is 2.25. The Bertz CT molecular complexity index is 528. The number of hydrogen-bond donors (Lipinski definition) is 0. The van der Waals surface area contributed by atoms with Crippen molar-refractivity contribution < 1.29 is 19.4 Å². The van der Waals surface area contributed by atoms with Gasteiger partial charge in [-0.3, -0.25) is 20.2 Å². The van der Waals surface area contributed by atoms with Gasteiger partial charge >= 0.3 is 11.4 Å². The lowest BCUT2D eigenvalue weighted by molar-refractivity contribution is -0.422. The number of rotatable bonds is 5. The highest BCUT2D eigenvalue weighted by Gasteiger charge is 2.24. The van der Waals surface area contributed by atoms with Crippen LogP contribution in [-0.2, 0) is 4.74 Å². The van der Waals surface area contributed by atoms with E-state index in [-0.39, 0.29) is 11.6 Å². The summed E-state index contributed by atoms with van der Waals surface area (Å²) in [6.07, 6.45) is 0. The molecule has 0 N–H and O–H groups in total. The van der Waals surface area contributed by atoms with Gasteiger partial charge in [0.1, 0.15) is 0 Å². The monoisotopic (exact) mass is 269 g/mol. The molecule has 0 atom stereocenters. The van der Waals surface area contributed by atoms with Crippen LogP contribution in [0.1, 0.15) is 13.8 Å². The van der Waals surface area contributed by atoms with Gasteiger partial charge in [0, 0.05) is 13.0 Å². The van der Waals surface area contributed by atoms with Crippen LogP contribution in [0.3, 0.4) is 0 Å². The maximum atomic E-state index is 10.7. The number of hydrogen-bond acceptors (Lipinski definition) is 7. The maximum Gasteiger partial charge on any atom is 0.349 e. The van der Waals surface area contributed by atoms with E-state index in [1.54, 1.807) is 13.8 Å². The molecule has 1 aromatic carbocycles. The van der Waals surface area contributed by atoms with Crippen LogP contribution in [0.25, 0.3) is 0 Å². The number of oxime groups is 1. The van der Waals surface area contributed by atoms with Crippen LogP contribution in [-0.4, -0.2) is 22.4 Å². The van der Waals surface area contributed by atoms with Gasteiger partial charge in [0.05, 0.1) is 22.5 Å². The third kappa shape index (κ3) is 3.91. The summed E-state index contributed by atoms with van der Waals surface area (Å²) in [5.41, 5.74) is -1.27. The van der Waals surface area contributed by atoms with E-state index in [4.69, 9.17) is 9.57 Å². The van der Waals surface area contributed by atoms with Crippen LogP contribution in [0, 0.1) is 20.2 Å². The molecule has 0 heterocycles. The molecule has 0 radical (unpaired) electrons. The van der Waals surface area contributed by atoms with Crippen LogP contribution in [0.2, 0.25) is 0 Å². The van der Waals surface area contributed by atoms with Crippen molar-refractivity contribution in [1.82, 2.24) is 0 Å². The molecular weight excluding hydrogens is 258 g/mol. The van der Waals surface area contributed by atoms with Crippen molar-refractivity contribution in [3.63, 3.8) is 0 Å². The molecule has 19 heavy (non-hydrogen) atoms. The average Bonchev–Trinajstić information content (AvgIpc) is 2.36. The van der Waals surface area contributed by atoms with Crippen molar-refractivity contribution in [3.05, 3.63) is 38.4 Å². The highest BCUT2D eigenvalue weighted by atomic mass is 16.7. The Morgan fingerprint density at radius 3 is 2.42 bits per heavy atom. The van der Waals surface area contributed by atoms with Crippen molar-refractivity contribution in [3.8, 4) is 5.75 Å². The molecule has 0 saturated carbocycles. The van der Waals surface area contributed by atoms with E-state index < -0.39 is 21.2 Å². The van der Waals surface area contributed by atoms with Crippen molar-refractivity contribution in [1.29, 1.82) is 0 Å². The zero-order valence-corrected chi connectivity index (χ0v) is 10.2. The van der Waals surface area contributed by atoms with Crippen LogP contribution in [0.5, 0.6) is 5.75 Å². The molecule has 0 spiro atoms. The Balaban J connectivity index is 2.99. The number of ether oxygens (including phenoxy) is 1. The van der Waals surface area contributed by atoms with Crippen molar-refractivity contribution in [2.24, 2.45) is 5.16 Å². The predicted molar refractivity (Wildman–Crippen MR) is 65.1 cm³/mol. The van der Waals surface area contributed by atoms with Gasteiger partial charge in [-0.2, -0.15) is 0 Å². The fraction of sp³-hybridized carbons (Fsp3) is 0.300. The van der Waals surface area contributed by atoms with E-state index in [0.29, 0.717) is 6.61 Å². The topological polar surface area (TPSA) is 117 Å². The Morgan fingerprint density at radius 1 is 1.26 bits per heavy atom. The summed E-state index contributed by atoms with van der Waals surface area (Å²) in [4.78, 5) is 24.5. The molecule has 0 aromatic heterocycles. The number of nitro benzene ring substituents is 2. The van der Waals surface area contributed by atoms with E-state index in [1.807, 2.05) is 0 Å². The zero-order chi connectivity index (χ0) is 14.4. The Hall–Kier alpha value is -2.71. The number of nitro groups is 2. The smallest absolute Gasteiger partial charge is 0.349 e. The minimum Gasteiger partial charge on any atom is -0.479 e. The first-order chi connectivity index (χ1) is 8.95. The lowest BCUT2D eigenvalue weighted by Gasteiger charge is -2.02. The molecule has 0 unspecified atom stereocenters. The van der Waals surface area contributed by atoms with Gasteiger partial charge in [-0.15, -0.1) is 0 Å². The van der Waals surface area contributed by atoms with Gasteiger partial charge in [-0.1, -0.05) is 0 Å². The summed E-state index contributed by atoms with van der Waals surface area (Å²) < 4.78 is 4.99. The Labute approximate surface area is 107 Å². The van der Waals surface area contributed by atoms with E-state index >= 15 is 0 Å². The van der Waals surface area contributed by atoms with Gasteiger partial charge in [-0.05, 0) is 18.1 Å². The van der Waals surface area contributed by atoms with E-state index in [9.17, 15) is 20.2 Å². The first-order valence-electron chi connectivity index (χ1n) is 5.23. The van der Waals surface area contributed by atoms with E-state index in [1.165, 1.54) is 6.07 Å². The SMILES string of the molecule is CCO/C(C)=N\Oc1ccc([N+](=O)[O-])c([N+](=O)[O-])c1. The first-order valence-corrected chi connectivity index (χ1v) is 5.23. The highest BCUT2D eigenvalue weighted by Crippen LogP contribution is 2.30. The summed E-state index contributed by atoms with van der Waals surface area (Å²) in [5, 5.41) is 24.9. The molecule has 9 nitrogen and oxygen atoms in total. The van der Waals surface area contributed by atoms with Crippen molar-refractivity contribution >= 4 is 17.3 Å². The fourth-order valence-corrected chi connectivity index (χ4v) is 1.21.